The molecule has 2 atom stereocenters. The summed E-state index contributed by atoms with van der Waals surface area (Å²) in [6, 6.07) is 14.8. The zero-order valence-corrected chi connectivity index (χ0v) is 20.4. The molecule has 2 aromatic rings. The Kier molecular flexibility index (Phi) is 8.14. The molecule has 33 heavy (non-hydrogen) atoms. The summed E-state index contributed by atoms with van der Waals surface area (Å²) < 4.78 is 0. The minimum Gasteiger partial charge on any atom is -0.508 e. The molecule has 1 aliphatic heterocycles. The van der Waals surface area contributed by atoms with E-state index in [1.54, 1.807) is 23.1 Å². The molecule has 0 bridgehead atoms. The second kappa shape index (κ2) is 10.8. The van der Waals surface area contributed by atoms with Crippen LogP contribution in [0.4, 0.5) is 0 Å². The third-order valence-corrected chi connectivity index (χ3v) is 6.55. The van der Waals surface area contributed by atoms with Gasteiger partial charge < -0.3 is 15.3 Å². The maximum Gasteiger partial charge on any atom is 0.247 e. The number of nitrogens with one attached hydrogen (secondary N) is 1. The lowest BCUT2D eigenvalue weighted by Crippen LogP contribution is -2.50. The fourth-order valence-corrected chi connectivity index (χ4v) is 4.78. The van der Waals surface area contributed by atoms with Gasteiger partial charge in [-0.15, -0.1) is 0 Å². The average Bonchev–Trinajstić information content (AvgIpc) is 2.79. The number of fused-ring (bicyclic) bond motifs is 1. The molecule has 1 aliphatic rings. The minimum atomic E-state index is -0.709. The number of benzene rings is 2. The summed E-state index contributed by atoms with van der Waals surface area (Å²) in [6.45, 7) is 12.2. The highest BCUT2D eigenvalue weighted by Gasteiger charge is 2.37. The van der Waals surface area contributed by atoms with Crippen molar-refractivity contribution < 1.29 is 14.7 Å². The van der Waals surface area contributed by atoms with Gasteiger partial charge in [0.15, 0.2) is 0 Å². The molecule has 6 nitrogen and oxygen atoms in total. The van der Waals surface area contributed by atoms with Gasteiger partial charge in [-0.3, -0.25) is 14.5 Å². The molecule has 6 heteroatoms. The Morgan fingerprint density at radius 1 is 1.06 bits per heavy atom. The highest BCUT2D eigenvalue weighted by atomic mass is 16.3. The van der Waals surface area contributed by atoms with Crippen molar-refractivity contribution in [3.05, 3.63) is 65.2 Å². The fourth-order valence-electron chi connectivity index (χ4n) is 4.78. The number of carbonyl (C=O) groups is 2. The van der Waals surface area contributed by atoms with E-state index in [1.807, 2.05) is 37.3 Å². The van der Waals surface area contributed by atoms with E-state index < -0.39 is 6.04 Å². The van der Waals surface area contributed by atoms with Crippen molar-refractivity contribution in [2.75, 3.05) is 19.6 Å². The number of phenolic OH excluding ortho intramolecular Hbond substituents is 1. The lowest BCUT2D eigenvalue weighted by atomic mass is 9.89. The third kappa shape index (κ3) is 5.74. The topological polar surface area (TPSA) is 72.9 Å². The summed E-state index contributed by atoms with van der Waals surface area (Å²) in [5.41, 5.74) is 2.63. The van der Waals surface area contributed by atoms with Crippen molar-refractivity contribution in [3.8, 4) is 5.75 Å². The highest BCUT2D eigenvalue weighted by molar-refractivity contribution is 5.92. The Bertz CT molecular complexity index is 950. The fraction of sp³-hybridized carbons (Fsp3) is 0.481. The number of phenols is 1. The predicted molar refractivity (Wildman–Crippen MR) is 131 cm³/mol. The number of aromatic hydroxyl groups is 1. The lowest BCUT2D eigenvalue weighted by Gasteiger charge is -2.38. The van der Waals surface area contributed by atoms with Crippen LogP contribution in [-0.4, -0.2) is 58.4 Å². The van der Waals surface area contributed by atoms with Gasteiger partial charge in [-0.1, -0.05) is 36.4 Å². The van der Waals surface area contributed by atoms with Crippen LogP contribution in [0.15, 0.2) is 48.5 Å². The molecule has 0 spiro atoms. The van der Waals surface area contributed by atoms with Crippen LogP contribution in [0.2, 0.25) is 0 Å². The van der Waals surface area contributed by atoms with E-state index in [9.17, 15) is 14.7 Å². The van der Waals surface area contributed by atoms with Gasteiger partial charge in [-0.25, -0.2) is 0 Å². The molecule has 2 aromatic carbocycles. The van der Waals surface area contributed by atoms with Crippen molar-refractivity contribution >= 4 is 11.8 Å². The number of nitrogens with zero attached hydrogens (tertiary/aromatic N) is 2. The maximum atomic E-state index is 13.5. The summed E-state index contributed by atoms with van der Waals surface area (Å²) in [6.07, 6.45) is 0.606. The van der Waals surface area contributed by atoms with Crippen LogP contribution in [0, 0.1) is 0 Å². The molecule has 178 valence electrons. The molecule has 0 fully saturated rings. The first-order valence-corrected chi connectivity index (χ1v) is 11.9. The van der Waals surface area contributed by atoms with Gasteiger partial charge in [0.05, 0.1) is 5.92 Å². The SMILES string of the molecule is CC(C(=O)N1CCc2cc(O)ccc2C1C(=O)NCCN(C(C)C)C(C)C)c1ccccc1. The van der Waals surface area contributed by atoms with Gasteiger partial charge in [0.25, 0.3) is 0 Å². The first-order valence-electron chi connectivity index (χ1n) is 11.9. The predicted octanol–water partition coefficient (Wildman–Crippen LogP) is 3.86. The Hall–Kier alpha value is -2.86. The zero-order chi connectivity index (χ0) is 24.1. The Balaban J connectivity index is 1.83. The molecule has 3 rings (SSSR count). The molecule has 0 saturated carbocycles. The van der Waals surface area contributed by atoms with Crippen LogP contribution in [0.1, 0.15) is 63.3 Å². The van der Waals surface area contributed by atoms with Crippen LogP contribution in [-0.2, 0) is 16.0 Å². The Morgan fingerprint density at radius 2 is 1.73 bits per heavy atom. The standard InChI is InChI=1S/C27H37N3O3/c1-18(2)29(19(3)4)16-14-28-26(32)25-24-12-11-23(31)17-22(24)13-15-30(25)27(33)20(5)21-9-7-6-8-10-21/h6-12,17-20,25,31H,13-16H2,1-5H3,(H,28,32). The highest BCUT2D eigenvalue weighted by Crippen LogP contribution is 2.34. The van der Waals surface area contributed by atoms with Gasteiger partial charge >= 0.3 is 0 Å². The van der Waals surface area contributed by atoms with E-state index in [4.69, 9.17) is 0 Å². The minimum absolute atomic E-state index is 0.0638. The molecule has 2 amide bonds. The first kappa shape index (κ1) is 24.8. The first-order chi connectivity index (χ1) is 15.7. The van der Waals surface area contributed by atoms with E-state index in [0.29, 0.717) is 31.6 Å². The van der Waals surface area contributed by atoms with Crippen molar-refractivity contribution in [2.45, 2.75) is 65.1 Å². The molecule has 0 saturated heterocycles. The number of hydrogen-bond donors (Lipinski definition) is 2. The smallest absolute Gasteiger partial charge is 0.247 e. The second-order valence-corrected chi connectivity index (χ2v) is 9.42. The van der Waals surface area contributed by atoms with Crippen molar-refractivity contribution in [1.29, 1.82) is 0 Å². The van der Waals surface area contributed by atoms with E-state index >= 15 is 0 Å². The molecular weight excluding hydrogens is 414 g/mol. The van der Waals surface area contributed by atoms with Gasteiger partial charge in [0.1, 0.15) is 11.8 Å². The molecule has 0 radical (unpaired) electrons. The second-order valence-electron chi connectivity index (χ2n) is 9.42. The van der Waals surface area contributed by atoms with Gasteiger partial charge in [0.2, 0.25) is 11.8 Å². The van der Waals surface area contributed by atoms with Crippen molar-refractivity contribution in [3.63, 3.8) is 0 Å². The van der Waals surface area contributed by atoms with Crippen LogP contribution in [0.3, 0.4) is 0 Å². The van der Waals surface area contributed by atoms with E-state index in [0.717, 1.165) is 23.2 Å². The summed E-state index contributed by atoms with van der Waals surface area (Å²) in [7, 11) is 0. The summed E-state index contributed by atoms with van der Waals surface area (Å²) in [5, 5.41) is 13.0. The normalized spacial score (nSPS) is 16.7. The van der Waals surface area contributed by atoms with Crippen molar-refractivity contribution in [1.82, 2.24) is 15.1 Å². The molecule has 0 aromatic heterocycles. The maximum absolute atomic E-state index is 13.5. The van der Waals surface area contributed by atoms with Crippen LogP contribution >= 0.6 is 0 Å². The molecule has 1 heterocycles. The molecule has 2 unspecified atom stereocenters. The number of amides is 2. The van der Waals surface area contributed by atoms with E-state index in [2.05, 4.69) is 37.9 Å². The largest absolute Gasteiger partial charge is 0.508 e. The van der Waals surface area contributed by atoms with E-state index in [1.165, 1.54) is 0 Å². The van der Waals surface area contributed by atoms with Gasteiger partial charge in [0, 0.05) is 31.7 Å². The molecular formula is C27H37N3O3. The monoisotopic (exact) mass is 451 g/mol. The van der Waals surface area contributed by atoms with Gasteiger partial charge in [-0.05, 0) is 69.9 Å². The van der Waals surface area contributed by atoms with Crippen molar-refractivity contribution in [2.24, 2.45) is 0 Å². The summed E-state index contributed by atoms with van der Waals surface area (Å²) >= 11 is 0. The Labute approximate surface area is 197 Å². The lowest BCUT2D eigenvalue weighted by molar-refractivity contribution is -0.142. The summed E-state index contributed by atoms with van der Waals surface area (Å²) in [5.74, 6) is -0.416. The average molecular weight is 452 g/mol. The van der Waals surface area contributed by atoms with E-state index in [-0.39, 0.29) is 23.5 Å². The van der Waals surface area contributed by atoms with Crippen LogP contribution in [0.5, 0.6) is 5.75 Å². The zero-order valence-electron chi connectivity index (χ0n) is 20.4. The number of rotatable bonds is 8. The summed E-state index contributed by atoms with van der Waals surface area (Å²) in [4.78, 5) is 31.0. The quantitative estimate of drug-likeness (QED) is 0.639. The van der Waals surface area contributed by atoms with Crippen LogP contribution in [0.25, 0.3) is 0 Å². The molecule has 2 N–H and O–H groups in total. The number of hydrogen-bond acceptors (Lipinski definition) is 4. The Morgan fingerprint density at radius 3 is 2.36 bits per heavy atom. The van der Waals surface area contributed by atoms with Gasteiger partial charge in [-0.2, -0.15) is 0 Å². The number of carbonyl (C=O) groups excluding carboxylic acids is 2. The molecule has 0 aliphatic carbocycles. The van der Waals surface area contributed by atoms with Crippen LogP contribution < -0.4 is 5.32 Å². The third-order valence-electron chi connectivity index (χ3n) is 6.55.